The largest absolute Gasteiger partial charge is 0.494 e. The van der Waals surface area contributed by atoms with Gasteiger partial charge in [0, 0.05) is 11.3 Å². The van der Waals surface area contributed by atoms with Crippen molar-refractivity contribution in [3.63, 3.8) is 0 Å². The lowest BCUT2D eigenvalue weighted by molar-refractivity contribution is 0.0734. The molecule has 6 heteroatoms. The van der Waals surface area contributed by atoms with Gasteiger partial charge in [0.2, 0.25) is 0 Å². The first-order valence-electron chi connectivity index (χ1n) is 11.7. The maximum Gasteiger partial charge on any atom is 0.343 e. The van der Waals surface area contributed by atoms with Crippen LogP contribution in [0, 0.1) is 0 Å². The van der Waals surface area contributed by atoms with Crippen LogP contribution in [0.2, 0.25) is 0 Å². The second kappa shape index (κ2) is 13.0. The maximum absolute atomic E-state index is 12.5. The number of ether oxygens (including phenoxy) is 3. The Hall–Kier alpha value is -3.80. The summed E-state index contributed by atoms with van der Waals surface area (Å²) >= 11 is 0. The lowest BCUT2D eigenvalue weighted by atomic mass is 10.2. The van der Waals surface area contributed by atoms with Crippen molar-refractivity contribution in [2.45, 2.75) is 39.5 Å². The van der Waals surface area contributed by atoms with E-state index in [1.54, 1.807) is 60.7 Å². The average Bonchev–Trinajstić information content (AvgIpc) is 2.86. The SMILES string of the molecule is CCCCOc1ccc(NC(=O)c2ccc(OC(=O)c3ccc(OCCCC)cc3)cc2)cc1. The van der Waals surface area contributed by atoms with Gasteiger partial charge in [-0.05, 0) is 85.6 Å². The summed E-state index contributed by atoms with van der Waals surface area (Å²) in [5.74, 6) is 1.13. The first-order valence-corrected chi connectivity index (χ1v) is 11.7. The quantitative estimate of drug-likeness (QED) is 0.189. The first kappa shape index (κ1) is 24.8. The predicted octanol–water partition coefficient (Wildman–Crippen LogP) is 6.52. The molecule has 0 aliphatic rings. The monoisotopic (exact) mass is 461 g/mol. The van der Waals surface area contributed by atoms with Crippen LogP contribution >= 0.6 is 0 Å². The van der Waals surface area contributed by atoms with Crippen molar-refractivity contribution in [2.75, 3.05) is 18.5 Å². The second-order valence-electron chi connectivity index (χ2n) is 7.82. The van der Waals surface area contributed by atoms with Gasteiger partial charge in [-0.15, -0.1) is 0 Å². The molecule has 0 bridgehead atoms. The number of unbranched alkanes of at least 4 members (excludes halogenated alkanes) is 2. The molecule has 0 saturated heterocycles. The highest BCUT2D eigenvalue weighted by molar-refractivity contribution is 6.04. The van der Waals surface area contributed by atoms with Gasteiger partial charge in [-0.3, -0.25) is 4.79 Å². The lowest BCUT2D eigenvalue weighted by Crippen LogP contribution is -2.12. The topological polar surface area (TPSA) is 73.9 Å². The van der Waals surface area contributed by atoms with Crippen LogP contribution in [0.3, 0.4) is 0 Å². The van der Waals surface area contributed by atoms with Crippen molar-refractivity contribution in [1.82, 2.24) is 0 Å². The van der Waals surface area contributed by atoms with Crippen molar-refractivity contribution < 1.29 is 23.8 Å². The van der Waals surface area contributed by atoms with Gasteiger partial charge in [0.05, 0.1) is 18.8 Å². The van der Waals surface area contributed by atoms with E-state index in [0.29, 0.717) is 35.8 Å². The fraction of sp³-hybridized carbons (Fsp3) is 0.286. The van der Waals surface area contributed by atoms with Gasteiger partial charge in [-0.1, -0.05) is 26.7 Å². The molecule has 3 aromatic carbocycles. The highest BCUT2D eigenvalue weighted by atomic mass is 16.5. The van der Waals surface area contributed by atoms with E-state index in [1.807, 2.05) is 12.1 Å². The van der Waals surface area contributed by atoms with Crippen LogP contribution in [0.15, 0.2) is 72.8 Å². The third kappa shape index (κ3) is 7.66. The first-order chi connectivity index (χ1) is 16.6. The van der Waals surface area contributed by atoms with Gasteiger partial charge < -0.3 is 19.5 Å². The number of esters is 1. The van der Waals surface area contributed by atoms with Crippen molar-refractivity contribution in [3.05, 3.63) is 83.9 Å². The van der Waals surface area contributed by atoms with Crippen LogP contribution in [0.4, 0.5) is 5.69 Å². The molecule has 0 atom stereocenters. The molecule has 3 rings (SSSR count). The molecule has 0 spiro atoms. The molecule has 0 aliphatic heterocycles. The third-order valence-corrected chi connectivity index (χ3v) is 5.06. The summed E-state index contributed by atoms with van der Waals surface area (Å²) in [7, 11) is 0. The molecule has 0 aromatic heterocycles. The number of rotatable bonds is 12. The number of hydrogen-bond donors (Lipinski definition) is 1. The standard InChI is InChI=1S/C28H31NO5/c1-3-5-19-32-24-13-9-22(10-14-24)28(31)34-26-15-7-21(8-16-26)27(30)29-23-11-17-25(18-12-23)33-20-6-4-2/h7-18H,3-6,19-20H2,1-2H3,(H,29,30). The van der Waals surface area contributed by atoms with Crippen LogP contribution in [0.1, 0.15) is 60.2 Å². The van der Waals surface area contributed by atoms with Gasteiger partial charge >= 0.3 is 5.97 Å². The minimum absolute atomic E-state index is 0.254. The molecule has 34 heavy (non-hydrogen) atoms. The fourth-order valence-electron chi connectivity index (χ4n) is 3.03. The van der Waals surface area contributed by atoms with Crippen LogP contribution in [-0.2, 0) is 0 Å². The van der Waals surface area contributed by atoms with E-state index >= 15 is 0 Å². The molecule has 3 aromatic rings. The van der Waals surface area contributed by atoms with Gasteiger partial charge in [-0.25, -0.2) is 4.79 Å². The van der Waals surface area contributed by atoms with E-state index in [4.69, 9.17) is 14.2 Å². The highest BCUT2D eigenvalue weighted by Crippen LogP contribution is 2.19. The zero-order valence-corrected chi connectivity index (χ0v) is 19.7. The smallest absolute Gasteiger partial charge is 0.343 e. The summed E-state index contributed by atoms with van der Waals surface area (Å²) < 4.78 is 16.7. The summed E-state index contributed by atoms with van der Waals surface area (Å²) in [6.07, 6.45) is 4.13. The molecule has 1 amide bonds. The summed E-state index contributed by atoms with van der Waals surface area (Å²) in [5, 5.41) is 2.85. The van der Waals surface area contributed by atoms with Crippen LogP contribution < -0.4 is 19.5 Å². The van der Waals surface area contributed by atoms with Crippen molar-refractivity contribution in [1.29, 1.82) is 0 Å². The minimum Gasteiger partial charge on any atom is -0.494 e. The lowest BCUT2D eigenvalue weighted by Gasteiger charge is -2.09. The number of hydrogen-bond acceptors (Lipinski definition) is 5. The Morgan fingerprint density at radius 3 is 1.65 bits per heavy atom. The molecule has 0 heterocycles. The van der Waals surface area contributed by atoms with Gasteiger partial charge in [0.15, 0.2) is 0 Å². The van der Waals surface area contributed by atoms with E-state index in [2.05, 4.69) is 19.2 Å². The second-order valence-corrected chi connectivity index (χ2v) is 7.82. The number of nitrogens with one attached hydrogen (secondary N) is 1. The van der Waals surface area contributed by atoms with Crippen LogP contribution in [0.25, 0.3) is 0 Å². The van der Waals surface area contributed by atoms with E-state index in [9.17, 15) is 9.59 Å². The van der Waals surface area contributed by atoms with Crippen LogP contribution in [0.5, 0.6) is 17.2 Å². The summed E-state index contributed by atoms with van der Waals surface area (Å²) in [4.78, 5) is 24.9. The molecule has 0 unspecified atom stereocenters. The number of carbonyl (C=O) groups excluding carboxylic acids is 2. The van der Waals surface area contributed by atoms with Crippen molar-refractivity contribution in [2.24, 2.45) is 0 Å². The van der Waals surface area contributed by atoms with E-state index < -0.39 is 5.97 Å². The summed E-state index contributed by atoms with van der Waals surface area (Å²) in [5.41, 5.74) is 1.55. The molecule has 0 saturated carbocycles. The van der Waals surface area contributed by atoms with Crippen LogP contribution in [-0.4, -0.2) is 25.1 Å². The Morgan fingerprint density at radius 2 is 1.12 bits per heavy atom. The predicted molar refractivity (Wildman–Crippen MR) is 133 cm³/mol. The average molecular weight is 462 g/mol. The number of carbonyl (C=O) groups is 2. The van der Waals surface area contributed by atoms with Crippen molar-refractivity contribution >= 4 is 17.6 Å². The summed E-state index contributed by atoms with van der Waals surface area (Å²) in [6.45, 7) is 5.55. The molecule has 0 aliphatic carbocycles. The highest BCUT2D eigenvalue weighted by Gasteiger charge is 2.11. The number of anilines is 1. The van der Waals surface area contributed by atoms with E-state index in [0.717, 1.165) is 37.2 Å². The fourth-order valence-corrected chi connectivity index (χ4v) is 3.03. The normalized spacial score (nSPS) is 10.4. The Kier molecular flexibility index (Phi) is 9.52. The third-order valence-electron chi connectivity index (χ3n) is 5.06. The molecular formula is C28H31NO5. The number of benzene rings is 3. The van der Waals surface area contributed by atoms with Gasteiger partial charge in [0.1, 0.15) is 17.2 Å². The molecule has 1 N–H and O–H groups in total. The molecule has 178 valence electrons. The molecule has 0 fully saturated rings. The molecular weight excluding hydrogens is 430 g/mol. The Balaban J connectivity index is 1.51. The zero-order chi connectivity index (χ0) is 24.2. The van der Waals surface area contributed by atoms with E-state index in [1.165, 1.54) is 0 Å². The van der Waals surface area contributed by atoms with Crippen molar-refractivity contribution in [3.8, 4) is 17.2 Å². The van der Waals surface area contributed by atoms with Gasteiger partial charge in [0.25, 0.3) is 5.91 Å². The summed E-state index contributed by atoms with van der Waals surface area (Å²) in [6, 6.07) is 20.5. The Bertz CT molecular complexity index is 1040. The maximum atomic E-state index is 12.5. The van der Waals surface area contributed by atoms with E-state index in [-0.39, 0.29) is 5.91 Å². The number of amides is 1. The molecule has 6 nitrogen and oxygen atoms in total. The molecule has 0 radical (unpaired) electrons. The zero-order valence-electron chi connectivity index (χ0n) is 19.7. The Labute approximate surface area is 200 Å². The van der Waals surface area contributed by atoms with Gasteiger partial charge in [-0.2, -0.15) is 0 Å². The minimum atomic E-state index is -0.474. The Morgan fingerprint density at radius 1 is 0.647 bits per heavy atom.